The molecule has 1 atom stereocenters. The summed E-state index contributed by atoms with van der Waals surface area (Å²) in [4.78, 5) is 0. The van der Waals surface area contributed by atoms with Crippen LogP contribution < -0.4 is 11.1 Å². The quantitative estimate of drug-likeness (QED) is 0.773. The monoisotopic (exact) mass is 226 g/mol. The molecule has 0 heterocycles. The van der Waals surface area contributed by atoms with E-state index in [0.717, 1.165) is 24.9 Å². The summed E-state index contributed by atoms with van der Waals surface area (Å²) in [5.74, 6) is 1.81. The summed E-state index contributed by atoms with van der Waals surface area (Å²) in [5, 5.41) is 3.53. The summed E-state index contributed by atoms with van der Waals surface area (Å²) in [7, 11) is 0. The summed E-state index contributed by atoms with van der Waals surface area (Å²) in [5.41, 5.74) is 6.11. The molecule has 0 aliphatic heterocycles. The second-order valence-corrected chi connectivity index (χ2v) is 6.63. The normalized spacial score (nSPS) is 29.1. The number of nitrogens with one attached hydrogen (secondary N) is 1. The summed E-state index contributed by atoms with van der Waals surface area (Å²) in [6, 6.07) is 0.473. The minimum Gasteiger partial charge on any atom is -0.329 e. The highest BCUT2D eigenvalue weighted by Crippen LogP contribution is 2.39. The van der Waals surface area contributed by atoms with E-state index < -0.39 is 0 Å². The molecule has 16 heavy (non-hydrogen) atoms. The maximum Gasteiger partial charge on any atom is 0.0162 e. The fraction of sp³-hybridized carbons (Fsp3) is 1.00. The lowest BCUT2D eigenvalue weighted by atomic mass is 9.70. The van der Waals surface area contributed by atoms with Crippen LogP contribution in [0.1, 0.15) is 53.4 Å². The van der Waals surface area contributed by atoms with Crippen LogP contribution in [0.4, 0.5) is 0 Å². The molecule has 0 spiro atoms. The van der Waals surface area contributed by atoms with Crippen LogP contribution in [0.5, 0.6) is 0 Å². The Hall–Kier alpha value is -0.0800. The Morgan fingerprint density at radius 1 is 1.19 bits per heavy atom. The van der Waals surface area contributed by atoms with Crippen LogP contribution in [0.25, 0.3) is 0 Å². The maximum atomic E-state index is 5.60. The molecular weight excluding hydrogens is 196 g/mol. The molecule has 3 N–H and O–H groups in total. The van der Waals surface area contributed by atoms with Crippen molar-refractivity contribution in [2.24, 2.45) is 23.0 Å². The van der Waals surface area contributed by atoms with E-state index in [2.05, 4.69) is 33.0 Å². The first kappa shape index (κ1) is 14.0. The second-order valence-electron chi connectivity index (χ2n) is 6.63. The van der Waals surface area contributed by atoms with Crippen molar-refractivity contribution in [3.8, 4) is 0 Å². The van der Waals surface area contributed by atoms with Gasteiger partial charge in [-0.15, -0.1) is 0 Å². The molecule has 2 nitrogen and oxygen atoms in total. The predicted molar refractivity (Wildman–Crippen MR) is 71.4 cm³/mol. The summed E-state index contributed by atoms with van der Waals surface area (Å²) < 4.78 is 0. The van der Waals surface area contributed by atoms with Crippen LogP contribution in [0, 0.1) is 17.3 Å². The summed E-state index contributed by atoms with van der Waals surface area (Å²) >= 11 is 0. The van der Waals surface area contributed by atoms with Gasteiger partial charge in [0.2, 0.25) is 0 Å². The van der Waals surface area contributed by atoms with Gasteiger partial charge < -0.3 is 11.1 Å². The first-order chi connectivity index (χ1) is 7.43. The van der Waals surface area contributed by atoms with Crippen LogP contribution in [0.3, 0.4) is 0 Å². The third kappa shape index (κ3) is 4.42. The Kier molecular flexibility index (Phi) is 5.26. The Labute approximate surface area is 101 Å². The topological polar surface area (TPSA) is 38.0 Å². The zero-order chi connectivity index (χ0) is 12.2. The highest BCUT2D eigenvalue weighted by molar-refractivity contribution is 4.81. The van der Waals surface area contributed by atoms with Gasteiger partial charge in [0, 0.05) is 12.6 Å². The minimum absolute atomic E-state index is 0.473. The summed E-state index contributed by atoms with van der Waals surface area (Å²) in [6.45, 7) is 11.2. The van der Waals surface area contributed by atoms with Crippen molar-refractivity contribution in [1.82, 2.24) is 5.32 Å². The van der Waals surface area contributed by atoms with Crippen molar-refractivity contribution >= 4 is 0 Å². The number of nitrogens with two attached hydrogens (primary N) is 1. The van der Waals surface area contributed by atoms with Gasteiger partial charge in [-0.3, -0.25) is 0 Å². The Bertz CT molecular complexity index is 187. The average Bonchev–Trinajstić information content (AvgIpc) is 2.25. The van der Waals surface area contributed by atoms with Gasteiger partial charge >= 0.3 is 0 Å². The number of hydrogen-bond acceptors (Lipinski definition) is 2. The van der Waals surface area contributed by atoms with E-state index in [1.165, 1.54) is 25.7 Å². The fourth-order valence-corrected chi connectivity index (χ4v) is 2.68. The Morgan fingerprint density at radius 3 is 2.19 bits per heavy atom. The van der Waals surface area contributed by atoms with Crippen LogP contribution in [-0.4, -0.2) is 19.1 Å². The zero-order valence-electron chi connectivity index (χ0n) is 11.6. The first-order valence-corrected chi connectivity index (χ1v) is 6.87. The second kappa shape index (κ2) is 6.02. The van der Waals surface area contributed by atoms with Gasteiger partial charge in [0.1, 0.15) is 0 Å². The molecule has 0 aromatic carbocycles. The van der Waals surface area contributed by atoms with E-state index in [-0.39, 0.29) is 0 Å². The van der Waals surface area contributed by atoms with E-state index in [1.807, 2.05) is 0 Å². The molecule has 1 aliphatic carbocycles. The van der Waals surface area contributed by atoms with Crippen LogP contribution in [0.15, 0.2) is 0 Å². The van der Waals surface area contributed by atoms with Gasteiger partial charge in [-0.2, -0.15) is 0 Å². The summed E-state index contributed by atoms with van der Waals surface area (Å²) in [6.07, 6.45) is 5.61. The van der Waals surface area contributed by atoms with Gasteiger partial charge in [0.05, 0.1) is 0 Å². The van der Waals surface area contributed by atoms with Crippen LogP contribution in [-0.2, 0) is 0 Å². The number of hydrogen-bond donors (Lipinski definition) is 2. The number of rotatable bonds is 4. The fourth-order valence-electron chi connectivity index (χ4n) is 2.68. The lowest BCUT2D eigenvalue weighted by Gasteiger charge is -2.37. The molecule has 0 saturated heterocycles. The molecule has 0 unspecified atom stereocenters. The van der Waals surface area contributed by atoms with Crippen molar-refractivity contribution < 1.29 is 0 Å². The molecule has 1 rings (SSSR count). The minimum atomic E-state index is 0.473. The standard InChI is InChI=1S/C14H30N2/c1-11(9-15)16-10-12-5-7-13(8-6-12)14(2,3)4/h11-13,16H,5-10,15H2,1-4H3/t11-,12?,13?/m0/s1. The van der Waals surface area contributed by atoms with Crippen molar-refractivity contribution in [1.29, 1.82) is 0 Å². The predicted octanol–water partition coefficient (Wildman–Crippen LogP) is 2.78. The van der Waals surface area contributed by atoms with Gasteiger partial charge in [-0.1, -0.05) is 20.8 Å². The smallest absolute Gasteiger partial charge is 0.0162 e. The molecule has 0 radical (unpaired) electrons. The van der Waals surface area contributed by atoms with E-state index in [0.29, 0.717) is 11.5 Å². The highest BCUT2D eigenvalue weighted by atomic mass is 14.9. The van der Waals surface area contributed by atoms with Gasteiger partial charge in [0.15, 0.2) is 0 Å². The largest absolute Gasteiger partial charge is 0.329 e. The van der Waals surface area contributed by atoms with E-state index in [1.54, 1.807) is 0 Å². The molecule has 2 heteroatoms. The van der Waals surface area contributed by atoms with Crippen molar-refractivity contribution in [2.75, 3.05) is 13.1 Å². The van der Waals surface area contributed by atoms with E-state index in [4.69, 9.17) is 5.73 Å². The molecule has 1 aliphatic rings. The van der Waals surface area contributed by atoms with Gasteiger partial charge in [0.25, 0.3) is 0 Å². The van der Waals surface area contributed by atoms with Crippen molar-refractivity contribution in [3.05, 3.63) is 0 Å². The van der Waals surface area contributed by atoms with E-state index in [9.17, 15) is 0 Å². The van der Waals surface area contributed by atoms with Crippen molar-refractivity contribution in [3.63, 3.8) is 0 Å². The molecule has 0 amide bonds. The molecule has 0 aromatic heterocycles. The van der Waals surface area contributed by atoms with Gasteiger partial charge in [-0.05, 0) is 56.4 Å². The third-order valence-corrected chi connectivity index (χ3v) is 4.18. The molecule has 1 fully saturated rings. The Balaban J connectivity index is 2.22. The molecule has 0 bridgehead atoms. The molecule has 96 valence electrons. The molecular formula is C14H30N2. The lowest BCUT2D eigenvalue weighted by Crippen LogP contribution is -2.38. The SMILES string of the molecule is C[C@@H](CN)NCC1CCC(C(C)(C)C)CC1. The Morgan fingerprint density at radius 2 is 1.75 bits per heavy atom. The highest BCUT2D eigenvalue weighted by Gasteiger charge is 2.29. The van der Waals surface area contributed by atoms with E-state index >= 15 is 0 Å². The molecule has 0 aromatic rings. The van der Waals surface area contributed by atoms with Crippen molar-refractivity contribution in [2.45, 2.75) is 59.4 Å². The maximum absolute atomic E-state index is 5.60. The first-order valence-electron chi connectivity index (χ1n) is 6.87. The molecule has 1 saturated carbocycles. The third-order valence-electron chi connectivity index (χ3n) is 4.18. The average molecular weight is 226 g/mol. The van der Waals surface area contributed by atoms with Crippen LogP contribution in [0.2, 0.25) is 0 Å². The van der Waals surface area contributed by atoms with Gasteiger partial charge in [-0.25, -0.2) is 0 Å². The lowest BCUT2D eigenvalue weighted by molar-refractivity contribution is 0.148. The van der Waals surface area contributed by atoms with Crippen LogP contribution >= 0.6 is 0 Å². The zero-order valence-corrected chi connectivity index (χ0v) is 11.6.